The number of benzene rings is 1. The molecular weight excluding hydrogens is 538 g/mol. The number of pyridine rings is 1. The molecule has 0 atom stereocenters. The van der Waals surface area contributed by atoms with Gasteiger partial charge in [0.2, 0.25) is 5.91 Å². The highest BCUT2D eigenvalue weighted by Crippen LogP contribution is 2.38. The van der Waals surface area contributed by atoms with Gasteiger partial charge in [-0.15, -0.1) is 0 Å². The summed E-state index contributed by atoms with van der Waals surface area (Å²) in [4.78, 5) is 59.2. The average Bonchev–Trinajstić information content (AvgIpc) is 3.40. The number of anilines is 2. The number of fused-ring (bicyclic) bond motifs is 1. The number of hydrogen-bond acceptors (Lipinski definition) is 7. The molecule has 0 bridgehead atoms. The number of nitrogens with zero attached hydrogens (tertiary/aromatic N) is 4. The number of amides is 4. The fourth-order valence-corrected chi connectivity index (χ4v) is 5.16. The van der Waals surface area contributed by atoms with E-state index in [4.69, 9.17) is 20.8 Å². The van der Waals surface area contributed by atoms with Gasteiger partial charge < -0.3 is 19.4 Å². The van der Waals surface area contributed by atoms with Gasteiger partial charge in [-0.3, -0.25) is 19.2 Å². The van der Waals surface area contributed by atoms with Gasteiger partial charge in [0, 0.05) is 31.6 Å². The molecule has 2 fully saturated rings. The van der Waals surface area contributed by atoms with Gasteiger partial charge in [-0.05, 0) is 37.1 Å². The molecular formula is C28H30ClN5O6. The summed E-state index contributed by atoms with van der Waals surface area (Å²) >= 11 is 5.89. The maximum Gasteiger partial charge on any atom is 0.292 e. The van der Waals surface area contributed by atoms with Gasteiger partial charge in [-0.2, -0.15) is 0 Å². The van der Waals surface area contributed by atoms with Gasteiger partial charge in [0.1, 0.15) is 18.1 Å². The lowest BCUT2D eigenvalue weighted by molar-refractivity contribution is -0.148. The van der Waals surface area contributed by atoms with E-state index in [9.17, 15) is 19.2 Å². The smallest absolute Gasteiger partial charge is 0.292 e. The number of furan rings is 1. The molecule has 1 aliphatic carbocycles. The van der Waals surface area contributed by atoms with Crippen molar-refractivity contribution in [2.24, 2.45) is 5.92 Å². The molecule has 3 aromatic rings. The minimum Gasteiger partial charge on any atom is -0.449 e. The molecule has 2 aliphatic rings. The monoisotopic (exact) mass is 567 g/mol. The Kier molecular flexibility index (Phi) is 8.04. The van der Waals surface area contributed by atoms with Gasteiger partial charge in [0.15, 0.2) is 11.3 Å². The second-order valence-corrected chi connectivity index (χ2v) is 10.5. The summed E-state index contributed by atoms with van der Waals surface area (Å²) in [6, 6.07) is 7.91. The molecule has 0 unspecified atom stereocenters. The Morgan fingerprint density at radius 2 is 1.88 bits per heavy atom. The second kappa shape index (κ2) is 11.6. The van der Waals surface area contributed by atoms with E-state index in [0.717, 1.165) is 19.3 Å². The largest absolute Gasteiger partial charge is 0.449 e. The lowest BCUT2D eigenvalue weighted by atomic mass is 9.88. The van der Waals surface area contributed by atoms with Crippen molar-refractivity contribution in [2.75, 3.05) is 44.2 Å². The predicted molar refractivity (Wildman–Crippen MR) is 148 cm³/mol. The zero-order chi connectivity index (χ0) is 28.4. The molecule has 1 saturated carbocycles. The summed E-state index contributed by atoms with van der Waals surface area (Å²) in [5.41, 5.74) is 0.442. The summed E-state index contributed by atoms with van der Waals surface area (Å²) in [5, 5.41) is 6.20. The van der Waals surface area contributed by atoms with Crippen LogP contribution in [0.4, 0.5) is 11.5 Å². The highest BCUT2D eigenvalue weighted by Gasteiger charge is 2.38. The first-order valence-electron chi connectivity index (χ1n) is 13.2. The van der Waals surface area contributed by atoms with Crippen LogP contribution < -0.4 is 10.3 Å². The van der Waals surface area contributed by atoms with E-state index in [0.29, 0.717) is 23.3 Å². The molecule has 5 rings (SSSR count). The molecule has 2 aromatic heterocycles. The number of rotatable bonds is 6. The van der Waals surface area contributed by atoms with Crippen LogP contribution in [0.25, 0.3) is 11.0 Å². The summed E-state index contributed by atoms with van der Waals surface area (Å²) in [6.45, 7) is 0.161. The topological polar surface area (TPSA) is 125 Å². The Hall–Kier alpha value is -3.96. The highest BCUT2D eigenvalue weighted by atomic mass is 35.5. The van der Waals surface area contributed by atoms with E-state index < -0.39 is 11.8 Å². The lowest BCUT2D eigenvalue weighted by Crippen LogP contribution is -2.57. The van der Waals surface area contributed by atoms with Crippen LogP contribution in [0.3, 0.4) is 0 Å². The van der Waals surface area contributed by atoms with E-state index in [1.54, 1.807) is 38.4 Å². The van der Waals surface area contributed by atoms with Crippen molar-refractivity contribution in [1.29, 1.82) is 0 Å². The molecule has 0 radical (unpaired) electrons. The van der Waals surface area contributed by atoms with Gasteiger partial charge >= 0.3 is 0 Å². The van der Waals surface area contributed by atoms with Crippen LogP contribution in [0.1, 0.15) is 53.0 Å². The molecule has 3 heterocycles. The SMILES string of the molecule is CN(C)C(=O)c1ccc2cc(C(=O)Nc3ccc(Cl)cn3)oc2c1N(C(=O)C1CCCCC1)N1CCOCC1=O. The maximum absolute atomic E-state index is 14.2. The predicted octanol–water partition coefficient (Wildman–Crippen LogP) is 4.12. The number of morpholine rings is 1. The number of nitrogens with one attached hydrogen (secondary N) is 1. The minimum atomic E-state index is -0.579. The fraction of sp³-hybridized carbons (Fsp3) is 0.393. The maximum atomic E-state index is 14.2. The number of carbonyl (C=O) groups is 4. The number of carbonyl (C=O) groups excluding carboxylic acids is 4. The summed E-state index contributed by atoms with van der Waals surface area (Å²) < 4.78 is 11.4. The normalized spacial score (nSPS) is 16.2. The van der Waals surface area contributed by atoms with Gasteiger partial charge in [0.25, 0.3) is 17.7 Å². The number of aromatic nitrogens is 1. The quantitative estimate of drug-likeness (QED) is 0.475. The van der Waals surface area contributed by atoms with Crippen LogP contribution in [0.2, 0.25) is 5.02 Å². The molecule has 11 nitrogen and oxygen atoms in total. The summed E-state index contributed by atoms with van der Waals surface area (Å²) in [5.74, 6) is -1.77. The average molecular weight is 568 g/mol. The van der Waals surface area contributed by atoms with Crippen LogP contribution in [0.5, 0.6) is 0 Å². The van der Waals surface area contributed by atoms with Crippen molar-refractivity contribution in [1.82, 2.24) is 14.9 Å². The van der Waals surface area contributed by atoms with E-state index in [1.165, 1.54) is 27.2 Å². The van der Waals surface area contributed by atoms with Crippen LogP contribution in [-0.4, -0.2) is 72.4 Å². The highest BCUT2D eigenvalue weighted by molar-refractivity contribution is 6.30. The first-order valence-corrected chi connectivity index (χ1v) is 13.6. The Morgan fingerprint density at radius 1 is 1.10 bits per heavy atom. The number of hydrogen-bond donors (Lipinski definition) is 1. The Bertz CT molecular complexity index is 1450. The molecule has 210 valence electrons. The summed E-state index contributed by atoms with van der Waals surface area (Å²) in [6.07, 6.45) is 5.61. The summed E-state index contributed by atoms with van der Waals surface area (Å²) in [7, 11) is 3.20. The van der Waals surface area contributed by atoms with Crippen molar-refractivity contribution in [2.45, 2.75) is 32.1 Å². The molecule has 1 aliphatic heterocycles. The Balaban J connectivity index is 1.65. The molecule has 1 saturated heterocycles. The zero-order valence-electron chi connectivity index (χ0n) is 22.3. The van der Waals surface area contributed by atoms with Crippen molar-refractivity contribution in [3.8, 4) is 0 Å². The van der Waals surface area contributed by atoms with E-state index in [-0.39, 0.29) is 65.9 Å². The second-order valence-electron chi connectivity index (χ2n) is 10.1. The van der Waals surface area contributed by atoms with E-state index in [1.807, 2.05) is 0 Å². The van der Waals surface area contributed by atoms with Gasteiger partial charge in [-0.1, -0.05) is 36.9 Å². The van der Waals surface area contributed by atoms with Crippen LogP contribution >= 0.6 is 11.6 Å². The number of ether oxygens (including phenoxy) is 1. The Labute approximate surface area is 236 Å². The van der Waals surface area contributed by atoms with Crippen LogP contribution in [-0.2, 0) is 14.3 Å². The van der Waals surface area contributed by atoms with Crippen molar-refractivity contribution in [3.63, 3.8) is 0 Å². The third-order valence-electron chi connectivity index (χ3n) is 7.07. The lowest BCUT2D eigenvalue weighted by Gasteiger charge is -2.40. The molecule has 1 aromatic carbocycles. The fourth-order valence-electron chi connectivity index (χ4n) is 5.05. The van der Waals surface area contributed by atoms with Crippen molar-refractivity contribution < 1.29 is 28.3 Å². The molecule has 1 N–H and O–H groups in total. The minimum absolute atomic E-state index is 0.0548. The van der Waals surface area contributed by atoms with E-state index in [2.05, 4.69) is 10.3 Å². The van der Waals surface area contributed by atoms with Gasteiger partial charge in [-0.25, -0.2) is 15.0 Å². The molecule has 12 heteroatoms. The van der Waals surface area contributed by atoms with Crippen molar-refractivity contribution >= 4 is 57.7 Å². The van der Waals surface area contributed by atoms with Crippen LogP contribution in [0.15, 0.2) is 40.9 Å². The third-order valence-corrected chi connectivity index (χ3v) is 7.29. The molecule has 4 amide bonds. The standard InChI is InChI=1S/C28H30ClN5O6/c1-32(2)28(38)20-10-8-18-14-21(26(36)31-22-11-9-19(29)15-30-22)40-25(18)24(20)34(33-12-13-39-16-23(33)35)27(37)17-6-4-3-5-7-17/h8-11,14-15,17H,3-7,12-13,16H2,1-2H3,(H,30,31,36). The Morgan fingerprint density at radius 3 is 2.55 bits per heavy atom. The van der Waals surface area contributed by atoms with Crippen LogP contribution in [0, 0.1) is 5.92 Å². The third kappa shape index (κ3) is 5.52. The number of halogens is 1. The first-order chi connectivity index (χ1) is 19.2. The van der Waals surface area contributed by atoms with Gasteiger partial charge in [0.05, 0.1) is 23.7 Å². The molecule has 40 heavy (non-hydrogen) atoms. The first kappa shape index (κ1) is 27.6. The zero-order valence-corrected chi connectivity index (χ0v) is 23.1. The number of hydrazine groups is 1. The molecule has 0 spiro atoms. The van der Waals surface area contributed by atoms with Crippen molar-refractivity contribution in [3.05, 3.63) is 52.9 Å². The van der Waals surface area contributed by atoms with E-state index >= 15 is 0 Å².